The summed E-state index contributed by atoms with van der Waals surface area (Å²) in [5.41, 5.74) is 4.39. The highest BCUT2D eigenvalue weighted by atomic mass is 19.4. The largest absolute Gasteiger partial charge is 0.493 e. The zero-order valence-corrected chi connectivity index (χ0v) is 25.8. The van der Waals surface area contributed by atoms with E-state index >= 15 is 4.39 Å². The maximum absolute atomic E-state index is 15.8. The predicted molar refractivity (Wildman–Crippen MR) is 175 cm³/mol. The smallest absolute Gasteiger partial charge is 0.490 e. The van der Waals surface area contributed by atoms with E-state index in [2.05, 4.69) is 22.5 Å². The summed E-state index contributed by atoms with van der Waals surface area (Å²) in [6, 6.07) is 17.3. The standard InChI is InChI=1S/C32H33FN4O3.C2HF3O2.CH4/c1-20-28-26(35-36(20)2)19-34-16-5-6-17-37-30-24(14-15-25(33)29(28)30)23(31(37)32(38)39)12-8-18-40-27-13-7-10-21-9-3-4-11-22(21)27;3-2(4,5)1(6)7;/h3-4,7,9-11,13-15,34H,5-6,8,12,16-19H2,1-2H3,(H,38,39);(H,6,7);1H4. The third-order valence-corrected chi connectivity index (χ3v) is 8.24. The minimum atomic E-state index is -5.08. The van der Waals surface area contributed by atoms with E-state index in [0.717, 1.165) is 63.8 Å². The van der Waals surface area contributed by atoms with Gasteiger partial charge in [0.15, 0.2) is 0 Å². The maximum atomic E-state index is 15.8. The molecule has 13 heteroatoms. The minimum Gasteiger partial charge on any atom is -0.493 e. The molecule has 256 valence electrons. The van der Waals surface area contributed by atoms with Gasteiger partial charge in [-0.15, -0.1) is 0 Å². The Morgan fingerprint density at radius 2 is 1.71 bits per heavy atom. The summed E-state index contributed by atoms with van der Waals surface area (Å²) in [5.74, 6) is -3.31. The van der Waals surface area contributed by atoms with Crippen LogP contribution in [0.15, 0.2) is 54.6 Å². The molecule has 3 aromatic carbocycles. The first kappa shape index (κ1) is 35.9. The van der Waals surface area contributed by atoms with Crippen molar-refractivity contribution in [3.05, 3.63) is 83.1 Å². The highest BCUT2D eigenvalue weighted by Gasteiger charge is 2.38. The molecule has 0 atom stereocenters. The fraction of sp³-hybridized carbons (Fsp3) is 0.343. The highest BCUT2D eigenvalue weighted by molar-refractivity contribution is 6.04. The van der Waals surface area contributed by atoms with Crippen molar-refractivity contribution in [1.29, 1.82) is 0 Å². The molecule has 1 aliphatic rings. The SMILES string of the molecule is C.Cc1c2c(nn1C)CNCCCCn1c(C(=O)O)c(CCCOc3cccc4ccccc34)c3ccc(F)c-2c31.O=C(O)C(F)(F)F. The zero-order valence-electron chi connectivity index (χ0n) is 25.8. The van der Waals surface area contributed by atoms with Crippen LogP contribution in [0.3, 0.4) is 0 Å². The third-order valence-electron chi connectivity index (χ3n) is 8.24. The number of nitrogens with zero attached hydrogens (tertiary/aromatic N) is 3. The second-order valence-corrected chi connectivity index (χ2v) is 11.2. The first-order valence-electron chi connectivity index (χ1n) is 15.1. The van der Waals surface area contributed by atoms with Gasteiger partial charge in [-0.1, -0.05) is 43.8 Å². The van der Waals surface area contributed by atoms with Gasteiger partial charge in [-0.05, 0) is 68.3 Å². The molecule has 0 saturated carbocycles. The molecule has 0 aliphatic carbocycles. The first-order chi connectivity index (χ1) is 22.4. The van der Waals surface area contributed by atoms with Crippen molar-refractivity contribution < 1.29 is 42.1 Å². The topological polar surface area (TPSA) is 119 Å². The van der Waals surface area contributed by atoms with E-state index in [-0.39, 0.29) is 18.9 Å². The quantitative estimate of drug-likeness (QED) is 0.126. The summed E-state index contributed by atoms with van der Waals surface area (Å²) in [6.45, 7) is 4.17. The Morgan fingerprint density at radius 1 is 1.00 bits per heavy atom. The number of aryl methyl sites for hydroxylation is 3. The molecule has 2 aromatic heterocycles. The lowest BCUT2D eigenvalue weighted by Gasteiger charge is -2.13. The lowest BCUT2D eigenvalue weighted by atomic mass is 9.97. The number of alkyl halides is 3. The van der Waals surface area contributed by atoms with Crippen LogP contribution in [0.2, 0.25) is 0 Å². The molecule has 0 unspecified atom stereocenters. The van der Waals surface area contributed by atoms with Gasteiger partial charge in [0.1, 0.15) is 17.3 Å². The van der Waals surface area contributed by atoms with E-state index in [1.54, 1.807) is 10.7 Å². The van der Waals surface area contributed by atoms with Gasteiger partial charge < -0.3 is 24.8 Å². The number of hydrogen-bond donors (Lipinski definition) is 3. The number of carboxylic acids is 2. The molecule has 3 heterocycles. The molecule has 5 aromatic rings. The van der Waals surface area contributed by atoms with Gasteiger partial charge in [0.2, 0.25) is 0 Å². The summed E-state index contributed by atoms with van der Waals surface area (Å²) in [6.07, 6.45) is -2.31. The van der Waals surface area contributed by atoms with Gasteiger partial charge in [0.25, 0.3) is 0 Å². The number of aromatic nitrogens is 3. The Labute approximate surface area is 274 Å². The number of carbonyl (C=O) groups is 2. The van der Waals surface area contributed by atoms with Crippen LogP contribution in [0.5, 0.6) is 5.75 Å². The van der Waals surface area contributed by atoms with Crippen molar-refractivity contribution in [3.63, 3.8) is 0 Å². The molecule has 0 bridgehead atoms. The van der Waals surface area contributed by atoms with Crippen LogP contribution in [0.1, 0.15) is 54.1 Å². The van der Waals surface area contributed by atoms with Crippen molar-refractivity contribution in [3.8, 4) is 16.9 Å². The van der Waals surface area contributed by atoms with Crippen LogP contribution >= 0.6 is 0 Å². The molecule has 48 heavy (non-hydrogen) atoms. The molecule has 9 nitrogen and oxygen atoms in total. The van der Waals surface area contributed by atoms with Crippen molar-refractivity contribution in [1.82, 2.24) is 19.7 Å². The van der Waals surface area contributed by atoms with E-state index in [1.165, 1.54) is 6.07 Å². The van der Waals surface area contributed by atoms with E-state index in [0.29, 0.717) is 43.6 Å². The molecule has 0 saturated heterocycles. The number of aliphatic carboxylic acids is 1. The van der Waals surface area contributed by atoms with Gasteiger partial charge in [-0.2, -0.15) is 18.3 Å². The molecular formula is C35H38F4N4O5. The molecule has 0 amide bonds. The highest BCUT2D eigenvalue weighted by Crippen LogP contribution is 2.40. The lowest BCUT2D eigenvalue weighted by Crippen LogP contribution is -2.21. The molecule has 3 N–H and O–H groups in total. The summed E-state index contributed by atoms with van der Waals surface area (Å²) in [7, 11) is 1.86. The number of hydrogen-bond acceptors (Lipinski definition) is 5. The fourth-order valence-electron chi connectivity index (χ4n) is 6.06. The Kier molecular flexibility index (Phi) is 11.1. The summed E-state index contributed by atoms with van der Waals surface area (Å²) in [4.78, 5) is 21.6. The fourth-order valence-corrected chi connectivity index (χ4v) is 6.06. The van der Waals surface area contributed by atoms with Crippen molar-refractivity contribution in [2.24, 2.45) is 7.05 Å². The van der Waals surface area contributed by atoms with Gasteiger partial charge >= 0.3 is 18.1 Å². The second-order valence-electron chi connectivity index (χ2n) is 11.2. The average molecular weight is 671 g/mol. The average Bonchev–Trinajstić information content (AvgIpc) is 3.48. The van der Waals surface area contributed by atoms with E-state index in [1.807, 2.05) is 48.9 Å². The molecule has 0 fully saturated rings. The van der Waals surface area contributed by atoms with E-state index in [4.69, 9.17) is 14.6 Å². The molecular weight excluding hydrogens is 632 g/mol. The monoisotopic (exact) mass is 670 g/mol. The maximum Gasteiger partial charge on any atom is 0.490 e. The Balaban J connectivity index is 0.000000589. The van der Waals surface area contributed by atoms with Crippen molar-refractivity contribution in [2.75, 3.05) is 13.2 Å². The van der Waals surface area contributed by atoms with Crippen molar-refractivity contribution in [2.45, 2.75) is 59.3 Å². The predicted octanol–water partition coefficient (Wildman–Crippen LogP) is 7.51. The summed E-state index contributed by atoms with van der Waals surface area (Å²) >= 11 is 0. The number of nitrogens with one attached hydrogen (secondary N) is 1. The van der Waals surface area contributed by atoms with Crippen LogP contribution in [-0.2, 0) is 31.4 Å². The Bertz CT molecular complexity index is 1940. The van der Waals surface area contributed by atoms with Gasteiger partial charge in [0.05, 0.1) is 17.8 Å². The number of aromatic carboxylic acids is 1. The number of halogens is 4. The van der Waals surface area contributed by atoms with Crippen molar-refractivity contribution >= 4 is 33.6 Å². The Hall–Kier alpha value is -4.91. The van der Waals surface area contributed by atoms with Crippen LogP contribution in [0.4, 0.5) is 17.6 Å². The molecule has 6 rings (SSSR count). The van der Waals surface area contributed by atoms with Gasteiger partial charge in [0, 0.05) is 47.7 Å². The summed E-state index contributed by atoms with van der Waals surface area (Å²) < 4.78 is 57.3. The van der Waals surface area contributed by atoms with Crippen LogP contribution in [-0.4, -0.2) is 55.8 Å². The first-order valence-corrected chi connectivity index (χ1v) is 15.1. The van der Waals surface area contributed by atoms with Crippen LogP contribution in [0.25, 0.3) is 32.8 Å². The lowest BCUT2D eigenvalue weighted by molar-refractivity contribution is -0.192. The minimum absolute atomic E-state index is 0. The van der Waals surface area contributed by atoms with E-state index < -0.39 is 18.1 Å². The number of rotatable bonds is 6. The number of ether oxygens (including phenoxy) is 1. The number of carboxylic acid groups (broad SMARTS) is 2. The third kappa shape index (κ3) is 7.30. The van der Waals surface area contributed by atoms with Crippen LogP contribution < -0.4 is 10.1 Å². The van der Waals surface area contributed by atoms with Gasteiger partial charge in [-0.25, -0.2) is 14.0 Å². The second kappa shape index (κ2) is 14.9. The summed E-state index contributed by atoms with van der Waals surface area (Å²) in [5, 5.41) is 28.6. The molecule has 0 radical (unpaired) electrons. The number of benzene rings is 3. The Morgan fingerprint density at radius 3 is 2.42 bits per heavy atom. The molecule has 0 spiro atoms. The normalized spacial score (nSPS) is 13.1. The zero-order chi connectivity index (χ0) is 33.9. The number of fused-ring (bicyclic) bond motifs is 3. The van der Waals surface area contributed by atoms with E-state index in [9.17, 15) is 23.1 Å². The van der Waals surface area contributed by atoms with Gasteiger partial charge in [-0.3, -0.25) is 4.68 Å². The molecule has 1 aliphatic heterocycles. The van der Waals surface area contributed by atoms with Crippen LogP contribution in [0, 0.1) is 12.7 Å².